The molecule has 0 spiro atoms. The van der Waals surface area contributed by atoms with Crippen LogP contribution >= 0.6 is 15.9 Å². The zero-order valence-electron chi connectivity index (χ0n) is 12.1. The molecule has 1 aromatic carbocycles. The third kappa shape index (κ3) is 5.53. The molecule has 102 valence electrons. The Labute approximate surface area is 120 Å². The molecular weight excluding hydrogens is 286 g/mol. The van der Waals surface area contributed by atoms with Crippen LogP contribution in [0.4, 0.5) is 0 Å². The van der Waals surface area contributed by atoms with E-state index >= 15 is 0 Å². The van der Waals surface area contributed by atoms with Crippen molar-refractivity contribution in [1.82, 2.24) is 5.32 Å². The lowest BCUT2D eigenvalue weighted by atomic mass is 9.79. The fraction of sp³-hybridized carbons (Fsp3) is 0.625. The standard InChI is InChI=1S/C16H26BrN/c1-5-10-16(4,12-18-13(2)3)11-14-6-8-15(17)9-7-14/h6-9,13,18H,5,10-12H2,1-4H3. The first-order chi connectivity index (χ1) is 8.45. The number of hydrogen-bond acceptors (Lipinski definition) is 1. The Balaban J connectivity index is 2.68. The van der Waals surface area contributed by atoms with Crippen molar-refractivity contribution in [2.24, 2.45) is 5.41 Å². The summed E-state index contributed by atoms with van der Waals surface area (Å²) in [4.78, 5) is 0. The predicted molar refractivity (Wildman–Crippen MR) is 84.0 cm³/mol. The van der Waals surface area contributed by atoms with Crippen molar-refractivity contribution in [3.05, 3.63) is 34.3 Å². The second kappa shape index (κ2) is 7.30. The molecule has 0 aliphatic rings. The highest BCUT2D eigenvalue weighted by Gasteiger charge is 2.23. The zero-order chi connectivity index (χ0) is 13.6. The molecule has 1 rings (SSSR count). The van der Waals surface area contributed by atoms with Crippen LogP contribution in [0.25, 0.3) is 0 Å². The average Bonchev–Trinajstić information content (AvgIpc) is 2.30. The van der Waals surface area contributed by atoms with E-state index in [-0.39, 0.29) is 0 Å². The number of benzene rings is 1. The van der Waals surface area contributed by atoms with Gasteiger partial charge in [0.2, 0.25) is 0 Å². The Bertz CT molecular complexity index is 345. The Hall–Kier alpha value is -0.340. The fourth-order valence-corrected chi connectivity index (χ4v) is 2.65. The van der Waals surface area contributed by atoms with Gasteiger partial charge in [0, 0.05) is 17.1 Å². The second-order valence-electron chi connectivity index (χ2n) is 5.90. The SMILES string of the molecule is CCCC(C)(CNC(C)C)Cc1ccc(Br)cc1. The van der Waals surface area contributed by atoms with Gasteiger partial charge in [-0.1, -0.05) is 62.2 Å². The van der Waals surface area contributed by atoms with E-state index in [2.05, 4.69) is 73.2 Å². The maximum absolute atomic E-state index is 3.59. The first kappa shape index (κ1) is 15.7. The van der Waals surface area contributed by atoms with Gasteiger partial charge in [0.05, 0.1) is 0 Å². The van der Waals surface area contributed by atoms with Crippen LogP contribution < -0.4 is 5.32 Å². The van der Waals surface area contributed by atoms with Gasteiger partial charge in [0.15, 0.2) is 0 Å². The lowest BCUT2D eigenvalue weighted by Gasteiger charge is -2.31. The van der Waals surface area contributed by atoms with Crippen molar-refractivity contribution < 1.29 is 0 Å². The smallest absolute Gasteiger partial charge is 0.0175 e. The van der Waals surface area contributed by atoms with Crippen LogP contribution in [0.1, 0.15) is 46.1 Å². The first-order valence-electron chi connectivity index (χ1n) is 6.93. The van der Waals surface area contributed by atoms with Gasteiger partial charge in [-0.15, -0.1) is 0 Å². The molecule has 18 heavy (non-hydrogen) atoms. The number of rotatable bonds is 7. The quantitative estimate of drug-likeness (QED) is 0.763. The van der Waals surface area contributed by atoms with Gasteiger partial charge in [0.1, 0.15) is 0 Å². The van der Waals surface area contributed by atoms with Gasteiger partial charge in [-0.3, -0.25) is 0 Å². The van der Waals surface area contributed by atoms with Crippen molar-refractivity contribution in [1.29, 1.82) is 0 Å². The summed E-state index contributed by atoms with van der Waals surface area (Å²) in [5.41, 5.74) is 1.78. The molecule has 1 nitrogen and oxygen atoms in total. The van der Waals surface area contributed by atoms with E-state index in [1.807, 2.05) is 0 Å². The summed E-state index contributed by atoms with van der Waals surface area (Å²) < 4.78 is 1.16. The molecule has 0 radical (unpaired) electrons. The minimum absolute atomic E-state index is 0.354. The van der Waals surface area contributed by atoms with Crippen molar-refractivity contribution in [2.75, 3.05) is 6.54 Å². The van der Waals surface area contributed by atoms with E-state index in [0.29, 0.717) is 11.5 Å². The summed E-state index contributed by atoms with van der Waals surface area (Å²) >= 11 is 3.49. The summed E-state index contributed by atoms with van der Waals surface area (Å²) in [7, 11) is 0. The molecule has 1 aromatic rings. The molecule has 0 aromatic heterocycles. The molecule has 0 aliphatic carbocycles. The number of nitrogens with one attached hydrogen (secondary N) is 1. The van der Waals surface area contributed by atoms with E-state index in [1.165, 1.54) is 18.4 Å². The molecule has 0 heterocycles. The minimum Gasteiger partial charge on any atom is -0.314 e. The van der Waals surface area contributed by atoms with E-state index in [1.54, 1.807) is 0 Å². The van der Waals surface area contributed by atoms with Gasteiger partial charge < -0.3 is 5.32 Å². The first-order valence-corrected chi connectivity index (χ1v) is 7.72. The van der Waals surface area contributed by atoms with Crippen molar-refractivity contribution in [3.8, 4) is 0 Å². The Morgan fingerprint density at radius 1 is 1.22 bits per heavy atom. The highest BCUT2D eigenvalue weighted by atomic mass is 79.9. The summed E-state index contributed by atoms with van der Waals surface area (Å²) in [6, 6.07) is 9.29. The molecular formula is C16H26BrN. The van der Waals surface area contributed by atoms with Crippen LogP contribution in [0, 0.1) is 5.41 Å². The molecule has 0 saturated carbocycles. The summed E-state index contributed by atoms with van der Waals surface area (Å²) in [5.74, 6) is 0. The fourth-order valence-electron chi connectivity index (χ4n) is 2.39. The third-order valence-corrected chi connectivity index (χ3v) is 3.86. The Morgan fingerprint density at radius 2 is 1.83 bits per heavy atom. The van der Waals surface area contributed by atoms with E-state index in [4.69, 9.17) is 0 Å². The van der Waals surface area contributed by atoms with Crippen LogP contribution in [0.5, 0.6) is 0 Å². The van der Waals surface area contributed by atoms with E-state index in [0.717, 1.165) is 17.4 Å². The average molecular weight is 312 g/mol. The highest BCUT2D eigenvalue weighted by molar-refractivity contribution is 9.10. The van der Waals surface area contributed by atoms with Gasteiger partial charge in [0.25, 0.3) is 0 Å². The van der Waals surface area contributed by atoms with Crippen molar-refractivity contribution >= 4 is 15.9 Å². The van der Waals surface area contributed by atoms with Gasteiger partial charge in [-0.25, -0.2) is 0 Å². The molecule has 0 saturated heterocycles. The maximum Gasteiger partial charge on any atom is 0.0175 e. The largest absolute Gasteiger partial charge is 0.314 e. The number of hydrogen-bond donors (Lipinski definition) is 1. The minimum atomic E-state index is 0.354. The lowest BCUT2D eigenvalue weighted by molar-refractivity contribution is 0.267. The monoisotopic (exact) mass is 311 g/mol. The predicted octanol–water partition coefficient (Wildman–Crippen LogP) is 4.80. The molecule has 1 N–H and O–H groups in total. The normalized spacial score (nSPS) is 14.8. The van der Waals surface area contributed by atoms with Gasteiger partial charge >= 0.3 is 0 Å². The molecule has 0 fully saturated rings. The van der Waals surface area contributed by atoms with Gasteiger partial charge in [-0.2, -0.15) is 0 Å². The van der Waals surface area contributed by atoms with Crippen LogP contribution in [-0.4, -0.2) is 12.6 Å². The molecule has 1 unspecified atom stereocenters. The summed E-state index contributed by atoms with van der Waals surface area (Å²) in [5, 5.41) is 3.59. The highest BCUT2D eigenvalue weighted by Crippen LogP contribution is 2.28. The number of halogens is 1. The van der Waals surface area contributed by atoms with Crippen LogP contribution in [0.3, 0.4) is 0 Å². The van der Waals surface area contributed by atoms with E-state index < -0.39 is 0 Å². The Morgan fingerprint density at radius 3 is 2.33 bits per heavy atom. The van der Waals surface area contributed by atoms with Crippen molar-refractivity contribution in [2.45, 2.75) is 53.0 Å². The molecule has 0 bridgehead atoms. The summed E-state index contributed by atoms with van der Waals surface area (Å²) in [6.07, 6.45) is 3.66. The molecule has 0 aliphatic heterocycles. The molecule has 0 amide bonds. The van der Waals surface area contributed by atoms with E-state index in [9.17, 15) is 0 Å². The second-order valence-corrected chi connectivity index (χ2v) is 6.82. The maximum atomic E-state index is 3.59. The van der Waals surface area contributed by atoms with Crippen LogP contribution in [0.2, 0.25) is 0 Å². The van der Waals surface area contributed by atoms with Crippen LogP contribution in [0.15, 0.2) is 28.7 Å². The third-order valence-electron chi connectivity index (χ3n) is 3.33. The Kier molecular flexibility index (Phi) is 6.37. The van der Waals surface area contributed by atoms with Crippen molar-refractivity contribution in [3.63, 3.8) is 0 Å². The topological polar surface area (TPSA) is 12.0 Å². The molecule has 2 heteroatoms. The zero-order valence-corrected chi connectivity index (χ0v) is 13.7. The van der Waals surface area contributed by atoms with Crippen LogP contribution in [-0.2, 0) is 6.42 Å². The molecule has 1 atom stereocenters. The van der Waals surface area contributed by atoms with Gasteiger partial charge in [-0.05, 0) is 36.0 Å². The lowest BCUT2D eigenvalue weighted by Crippen LogP contribution is -2.37. The summed E-state index contributed by atoms with van der Waals surface area (Å²) in [6.45, 7) is 10.2.